The molecule has 34 heavy (non-hydrogen) atoms. The molecule has 1 amide bonds. The van der Waals surface area contributed by atoms with E-state index in [0.29, 0.717) is 21.8 Å². The van der Waals surface area contributed by atoms with Crippen molar-refractivity contribution in [2.75, 3.05) is 4.90 Å². The van der Waals surface area contributed by atoms with Gasteiger partial charge >= 0.3 is 0 Å². The van der Waals surface area contributed by atoms with Crippen LogP contribution < -0.4 is 4.90 Å². The number of hydrogen-bond acceptors (Lipinski definition) is 4. The summed E-state index contributed by atoms with van der Waals surface area (Å²) in [6.07, 6.45) is 3.24. The second kappa shape index (κ2) is 8.73. The van der Waals surface area contributed by atoms with Gasteiger partial charge in [0.2, 0.25) is 0 Å². The molecule has 0 saturated carbocycles. The lowest BCUT2D eigenvalue weighted by atomic mass is 9.84. The summed E-state index contributed by atoms with van der Waals surface area (Å²) in [5.41, 5.74) is 4.17. The molecular formula is C28H27ClN2O3. The molecule has 1 fully saturated rings. The number of pyridine rings is 1. The molecule has 1 unspecified atom stereocenters. The second-order valence-electron chi connectivity index (χ2n) is 9.67. The van der Waals surface area contributed by atoms with Crippen molar-refractivity contribution < 1.29 is 14.7 Å². The summed E-state index contributed by atoms with van der Waals surface area (Å²) in [6, 6.07) is 13.7. The average molecular weight is 475 g/mol. The maximum atomic E-state index is 13.4. The molecule has 1 saturated heterocycles. The number of halogens is 1. The van der Waals surface area contributed by atoms with E-state index in [1.165, 1.54) is 4.90 Å². The molecule has 1 aromatic heterocycles. The number of carbonyl (C=O) groups excluding carboxylic acids is 2. The monoisotopic (exact) mass is 474 g/mol. The summed E-state index contributed by atoms with van der Waals surface area (Å²) in [7, 11) is 0. The zero-order chi connectivity index (χ0) is 24.8. The van der Waals surface area contributed by atoms with E-state index in [2.05, 4.69) is 25.8 Å². The zero-order valence-corrected chi connectivity index (χ0v) is 20.6. The third-order valence-electron chi connectivity index (χ3n) is 6.22. The first kappa shape index (κ1) is 23.7. The molecule has 1 aliphatic heterocycles. The highest BCUT2D eigenvalue weighted by Gasteiger charge is 2.47. The van der Waals surface area contributed by atoms with E-state index in [0.717, 1.165) is 16.7 Å². The van der Waals surface area contributed by atoms with Crippen molar-refractivity contribution in [2.24, 2.45) is 0 Å². The standard InChI is InChI=1S/C28H27ClN2O3/c1-16-8-9-19(28(3,4)5)14-21(16)25(32)23-24(18-7-6-12-30-15-18)31(27(34)26(23)33)22-11-10-20(29)13-17(22)2/h6-15,24,32H,1-5H3/b25-23+. The Morgan fingerprint density at radius 2 is 1.76 bits per heavy atom. The SMILES string of the molecule is Cc1ccc(C(C)(C)C)cc1/C(O)=C1\C(=O)C(=O)N(c2ccc(Cl)cc2C)C1c1cccnc1. The number of carbonyl (C=O) groups is 2. The van der Waals surface area contributed by atoms with Crippen molar-refractivity contribution in [1.29, 1.82) is 0 Å². The normalized spacial score (nSPS) is 17.9. The number of Topliss-reactive ketones (excluding diaryl/α,β-unsaturated/α-hetero) is 1. The Morgan fingerprint density at radius 1 is 1.03 bits per heavy atom. The number of nitrogens with zero attached hydrogens (tertiary/aromatic N) is 2. The first-order valence-corrected chi connectivity index (χ1v) is 11.5. The molecule has 3 aromatic rings. The van der Waals surface area contributed by atoms with Gasteiger partial charge in [0.15, 0.2) is 0 Å². The van der Waals surface area contributed by atoms with Gasteiger partial charge in [-0.05, 0) is 71.8 Å². The summed E-state index contributed by atoms with van der Waals surface area (Å²) < 4.78 is 0. The highest BCUT2D eigenvalue weighted by molar-refractivity contribution is 6.51. The highest BCUT2D eigenvalue weighted by atomic mass is 35.5. The molecule has 0 radical (unpaired) electrons. The molecule has 0 bridgehead atoms. The number of benzene rings is 2. The Labute approximate surface area is 204 Å². The number of aryl methyl sites for hydroxylation is 2. The summed E-state index contributed by atoms with van der Waals surface area (Å²) in [6.45, 7) is 9.95. The third kappa shape index (κ3) is 4.12. The summed E-state index contributed by atoms with van der Waals surface area (Å²) in [5.74, 6) is -1.63. The van der Waals surface area contributed by atoms with Gasteiger partial charge in [-0.3, -0.25) is 19.5 Å². The van der Waals surface area contributed by atoms with Crippen LogP contribution in [0.5, 0.6) is 0 Å². The quantitative estimate of drug-likeness (QED) is 0.275. The van der Waals surface area contributed by atoms with Gasteiger partial charge in [0.1, 0.15) is 5.76 Å². The fourth-order valence-corrected chi connectivity index (χ4v) is 4.54. The van der Waals surface area contributed by atoms with Crippen LogP contribution in [0.1, 0.15) is 54.6 Å². The number of amides is 1. The largest absolute Gasteiger partial charge is 0.507 e. The van der Waals surface area contributed by atoms with Gasteiger partial charge in [-0.2, -0.15) is 0 Å². The maximum absolute atomic E-state index is 13.4. The van der Waals surface area contributed by atoms with E-state index in [1.54, 1.807) is 42.7 Å². The van der Waals surface area contributed by atoms with Gasteiger partial charge in [0.05, 0.1) is 11.6 Å². The fourth-order valence-electron chi connectivity index (χ4n) is 4.31. The van der Waals surface area contributed by atoms with Crippen LogP contribution in [0.25, 0.3) is 5.76 Å². The van der Waals surface area contributed by atoms with Crippen molar-refractivity contribution >= 4 is 34.7 Å². The molecule has 1 atom stereocenters. The summed E-state index contributed by atoms with van der Waals surface area (Å²) in [5, 5.41) is 12.1. The van der Waals surface area contributed by atoms with Gasteiger partial charge in [-0.1, -0.05) is 50.6 Å². The number of aliphatic hydroxyl groups is 1. The molecule has 0 aliphatic carbocycles. The van der Waals surface area contributed by atoms with E-state index in [-0.39, 0.29) is 16.7 Å². The fraction of sp³-hybridized carbons (Fsp3) is 0.250. The Kier molecular flexibility index (Phi) is 6.09. The van der Waals surface area contributed by atoms with E-state index >= 15 is 0 Å². The van der Waals surface area contributed by atoms with Crippen LogP contribution in [0, 0.1) is 13.8 Å². The van der Waals surface area contributed by atoms with E-state index < -0.39 is 17.7 Å². The van der Waals surface area contributed by atoms with Crippen LogP contribution in [0.15, 0.2) is 66.5 Å². The van der Waals surface area contributed by atoms with Crippen molar-refractivity contribution in [1.82, 2.24) is 4.98 Å². The number of aromatic nitrogens is 1. The van der Waals surface area contributed by atoms with Gasteiger partial charge in [0.25, 0.3) is 11.7 Å². The maximum Gasteiger partial charge on any atom is 0.300 e. The zero-order valence-electron chi connectivity index (χ0n) is 19.9. The van der Waals surface area contributed by atoms with Crippen molar-refractivity contribution in [3.63, 3.8) is 0 Å². The van der Waals surface area contributed by atoms with Crippen LogP contribution in [-0.4, -0.2) is 21.8 Å². The van der Waals surface area contributed by atoms with Gasteiger partial charge in [-0.15, -0.1) is 0 Å². The van der Waals surface area contributed by atoms with E-state index in [1.807, 2.05) is 32.0 Å². The average Bonchev–Trinajstić information content (AvgIpc) is 3.04. The second-order valence-corrected chi connectivity index (χ2v) is 10.1. The van der Waals surface area contributed by atoms with Gasteiger partial charge in [0, 0.05) is 28.7 Å². The molecule has 1 N–H and O–H groups in total. The Bertz CT molecular complexity index is 1320. The lowest BCUT2D eigenvalue weighted by Gasteiger charge is -2.27. The van der Waals surface area contributed by atoms with Crippen LogP contribution in [0.4, 0.5) is 5.69 Å². The molecule has 5 nitrogen and oxygen atoms in total. The highest BCUT2D eigenvalue weighted by Crippen LogP contribution is 2.43. The number of ketones is 1. The van der Waals surface area contributed by atoms with Crippen LogP contribution in [0.3, 0.4) is 0 Å². The minimum absolute atomic E-state index is 0.0431. The van der Waals surface area contributed by atoms with Crippen LogP contribution >= 0.6 is 11.6 Å². The molecular weight excluding hydrogens is 448 g/mol. The van der Waals surface area contributed by atoms with Crippen molar-refractivity contribution in [3.8, 4) is 0 Å². The predicted octanol–water partition coefficient (Wildman–Crippen LogP) is 6.28. The van der Waals surface area contributed by atoms with Crippen molar-refractivity contribution in [2.45, 2.75) is 46.1 Å². The Morgan fingerprint density at radius 3 is 2.38 bits per heavy atom. The number of hydrogen-bond donors (Lipinski definition) is 1. The van der Waals surface area contributed by atoms with Gasteiger partial charge < -0.3 is 5.11 Å². The molecule has 2 heterocycles. The Hall–Kier alpha value is -3.44. The molecule has 1 aliphatic rings. The molecule has 4 rings (SSSR count). The van der Waals surface area contributed by atoms with Crippen molar-refractivity contribution in [3.05, 3.63) is 99.3 Å². The number of rotatable bonds is 3. The van der Waals surface area contributed by atoms with Crippen LogP contribution in [0.2, 0.25) is 5.02 Å². The minimum atomic E-state index is -0.828. The molecule has 6 heteroatoms. The number of anilines is 1. The topological polar surface area (TPSA) is 70.5 Å². The molecule has 0 spiro atoms. The summed E-state index contributed by atoms with van der Waals surface area (Å²) in [4.78, 5) is 32.4. The molecule has 2 aromatic carbocycles. The predicted molar refractivity (Wildman–Crippen MR) is 135 cm³/mol. The van der Waals surface area contributed by atoms with E-state index in [4.69, 9.17) is 11.6 Å². The molecule has 174 valence electrons. The first-order chi connectivity index (χ1) is 16.0. The number of aliphatic hydroxyl groups excluding tert-OH is 1. The third-order valence-corrected chi connectivity index (χ3v) is 6.46. The lowest BCUT2D eigenvalue weighted by Crippen LogP contribution is -2.30. The van der Waals surface area contributed by atoms with Crippen LogP contribution in [-0.2, 0) is 15.0 Å². The summed E-state index contributed by atoms with van der Waals surface area (Å²) >= 11 is 6.14. The lowest BCUT2D eigenvalue weighted by molar-refractivity contribution is -0.132. The minimum Gasteiger partial charge on any atom is -0.507 e. The smallest absolute Gasteiger partial charge is 0.300 e. The van der Waals surface area contributed by atoms with Gasteiger partial charge in [-0.25, -0.2) is 0 Å². The Balaban J connectivity index is 1.99. The first-order valence-electron chi connectivity index (χ1n) is 11.1. The van der Waals surface area contributed by atoms with E-state index in [9.17, 15) is 14.7 Å².